The first-order valence-electron chi connectivity index (χ1n) is 2.81. The zero-order valence-corrected chi connectivity index (χ0v) is 5.47. The number of rotatable bonds is 1. The van der Waals surface area contributed by atoms with Crippen LogP contribution in [0.3, 0.4) is 0 Å². The van der Waals surface area contributed by atoms with E-state index in [1.807, 2.05) is 0 Å². The maximum atomic E-state index is 12.4. The van der Waals surface area contributed by atoms with Gasteiger partial charge in [0.05, 0.1) is 5.56 Å². The second kappa shape index (κ2) is 2.56. The Labute approximate surface area is 57.7 Å². The lowest BCUT2D eigenvalue weighted by molar-refractivity contribution is 0.111. The van der Waals surface area contributed by atoms with Crippen molar-refractivity contribution in [3.63, 3.8) is 0 Å². The van der Waals surface area contributed by atoms with Crippen molar-refractivity contribution in [1.82, 2.24) is 4.98 Å². The molecule has 10 heavy (non-hydrogen) atoms. The molecular formula is C7H6FNO. The summed E-state index contributed by atoms with van der Waals surface area (Å²) in [5, 5.41) is 0. The Kier molecular flexibility index (Phi) is 1.76. The third-order valence-electron chi connectivity index (χ3n) is 1.13. The standard InChI is InChI=1S/C7H6FNO/c1-5-2-6(4-10)7(8)9-3-5/h2-4H,1H3. The van der Waals surface area contributed by atoms with Crippen LogP contribution in [-0.4, -0.2) is 11.3 Å². The van der Waals surface area contributed by atoms with Gasteiger partial charge in [-0.15, -0.1) is 0 Å². The molecular weight excluding hydrogens is 133 g/mol. The van der Waals surface area contributed by atoms with E-state index < -0.39 is 5.95 Å². The number of aromatic nitrogens is 1. The third-order valence-corrected chi connectivity index (χ3v) is 1.13. The molecule has 0 fully saturated rings. The number of hydrogen-bond donors (Lipinski definition) is 0. The topological polar surface area (TPSA) is 30.0 Å². The number of carbonyl (C=O) groups excluding carboxylic acids is 1. The molecule has 0 aliphatic carbocycles. The van der Waals surface area contributed by atoms with Crippen molar-refractivity contribution in [1.29, 1.82) is 0 Å². The van der Waals surface area contributed by atoms with Gasteiger partial charge in [0.2, 0.25) is 5.95 Å². The Morgan fingerprint density at radius 2 is 2.40 bits per heavy atom. The summed E-state index contributed by atoms with van der Waals surface area (Å²) in [6.45, 7) is 1.75. The molecule has 1 rings (SSSR count). The van der Waals surface area contributed by atoms with E-state index in [9.17, 15) is 9.18 Å². The lowest BCUT2D eigenvalue weighted by atomic mass is 10.2. The average molecular weight is 139 g/mol. The fourth-order valence-electron chi connectivity index (χ4n) is 0.658. The number of hydrogen-bond acceptors (Lipinski definition) is 2. The van der Waals surface area contributed by atoms with Gasteiger partial charge in [-0.05, 0) is 18.6 Å². The summed E-state index contributed by atoms with van der Waals surface area (Å²) < 4.78 is 12.4. The van der Waals surface area contributed by atoms with E-state index in [0.717, 1.165) is 5.56 Å². The summed E-state index contributed by atoms with van der Waals surface area (Å²) in [5.74, 6) is -0.708. The van der Waals surface area contributed by atoms with Gasteiger partial charge in [-0.3, -0.25) is 4.79 Å². The Bertz CT molecular complexity index is 260. The molecule has 0 atom stereocenters. The van der Waals surface area contributed by atoms with Crippen LogP contribution in [-0.2, 0) is 0 Å². The van der Waals surface area contributed by atoms with E-state index >= 15 is 0 Å². The molecule has 0 saturated heterocycles. The molecule has 0 aromatic carbocycles. The number of pyridine rings is 1. The first kappa shape index (κ1) is 6.86. The van der Waals surface area contributed by atoms with Gasteiger partial charge >= 0.3 is 0 Å². The van der Waals surface area contributed by atoms with Gasteiger partial charge in [0.1, 0.15) is 0 Å². The molecule has 52 valence electrons. The highest BCUT2D eigenvalue weighted by Gasteiger charge is 1.99. The van der Waals surface area contributed by atoms with E-state index in [1.54, 1.807) is 6.92 Å². The molecule has 0 N–H and O–H groups in total. The Morgan fingerprint density at radius 1 is 1.70 bits per heavy atom. The Balaban J connectivity index is 3.21. The van der Waals surface area contributed by atoms with Gasteiger partial charge in [-0.1, -0.05) is 0 Å². The minimum absolute atomic E-state index is 0.0139. The highest BCUT2D eigenvalue weighted by Crippen LogP contribution is 2.02. The smallest absolute Gasteiger partial charge is 0.223 e. The second-order valence-electron chi connectivity index (χ2n) is 2.01. The van der Waals surface area contributed by atoms with Gasteiger partial charge in [-0.25, -0.2) is 4.98 Å². The molecule has 1 heterocycles. The molecule has 0 saturated carbocycles. The maximum absolute atomic E-state index is 12.4. The van der Waals surface area contributed by atoms with E-state index in [2.05, 4.69) is 4.98 Å². The van der Waals surface area contributed by atoms with Crippen LogP contribution >= 0.6 is 0 Å². The largest absolute Gasteiger partial charge is 0.298 e. The second-order valence-corrected chi connectivity index (χ2v) is 2.01. The van der Waals surface area contributed by atoms with Crippen molar-refractivity contribution in [2.45, 2.75) is 6.92 Å². The van der Waals surface area contributed by atoms with Crippen molar-refractivity contribution >= 4 is 6.29 Å². The maximum Gasteiger partial charge on any atom is 0.223 e. The van der Waals surface area contributed by atoms with Crippen molar-refractivity contribution in [2.24, 2.45) is 0 Å². The summed E-state index contributed by atoms with van der Waals surface area (Å²) in [5.41, 5.74) is 0.795. The predicted molar refractivity (Wildman–Crippen MR) is 34.3 cm³/mol. The summed E-state index contributed by atoms with van der Waals surface area (Å²) in [6.07, 6.45) is 1.83. The van der Waals surface area contributed by atoms with Gasteiger partial charge in [-0.2, -0.15) is 4.39 Å². The minimum Gasteiger partial charge on any atom is -0.298 e. The van der Waals surface area contributed by atoms with Crippen LogP contribution in [0.15, 0.2) is 12.3 Å². The summed E-state index contributed by atoms with van der Waals surface area (Å²) >= 11 is 0. The van der Waals surface area contributed by atoms with Crippen molar-refractivity contribution in [3.05, 3.63) is 29.3 Å². The monoisotopic (exact) mass is 139 g/mol. The number of carbonyl (C=O) groups is 1. The first-order chi connectivity index (χ1) is 4.74. The molecule has 0 bridgehead atoms. The summed E-state index contributed by atoms with van der Waals surface area (Å²) in [6, 6.07) is 1.45. The van der Waals surface area contributed by atoms with Crippen LogP contribution in [0.25, 0.3) is 0 Å². The zero-order valence-electron chi connectivity index (χ0n) is 5.47. The molecule has 1 aromatic heterocycles. The van der Waals surface area contributed by atoms with Crippen LogP contribution in [0.1, 0.15) is 15.9 Å². The van der Waals surface area contributed by atoms with E-state index in [4.69, 9.17) is 0 Å². The normalized spacial score (nSPS) is 9.40. The van der Waals surface area contributed by atoms with E-state index in [-0.39, 0.29) is 5.56 Å². The Hall–Kier alpha value is -1.25. The number of aldehydes is 1. The van der Waals surface area contributed by atoms with Crippen molar-refractivity contribution in [3.8, 4) is 0 Å². The number of nitrogens with zero attached hydrogens (tertiary/aromatic N) is 1. The highest BCUT2D eigenvalue weighted by molar-refractivity contribution is 5.74. The van der Waals surface area contributed by atoms with Crippen LogP contribution in [0.4, 0.5) is 4.39 Å². The predicted octanol–water partition coefficient (Wildman–Crippen LogP) is 1.34. The zero-order chi connectivity index (χ0) is 7.56. The molecule has 0 unspecified atom stereocenters. The van der Waals surface area contributed by atoms with E-state index in [0.29, 0.717) is 6.29 Å². The summed E-state index contributed by atoms with van der Waals surface area (Å²) in [4.78, 5) is 13.5. The molecule has 0 radical (unpaired) electrons. The van der Waals surface area contributed by atoms with Crippen LogP contribution in [0.2, 0.25) is 0 Å². The lowest BCUT2D eigenvalue weighted by Crippen LogP contribution is -1.91. The number of halogens is 1. The van der Waals surface area contributed by atoms with Crippen molar-refractivity contribution < 1.29 is 9.18 Å². The quantitative estimate of drug-likeness (QED) is 0.434. The van der Waals surface area contributed by atoms with Crippen LogP contribution < -0.4 is 0 Å². The first-order valence-corrected chi connectivity index (χ1v) is 2.81. The van der Waals surface area contributed by atoms with E-state index in [1.165, 1.54) is 12.3 Å². The fraction of sp³-hybridized carbons (Fsp3) is 0.143. The van der Waals surface area contributed by atoms with Gasteiger partial charge in [0, 0.05) is 6.20 Å². The third kappa shape index (κ3) is 1.18. The SMILES string of the molecule is Cc1cnc(F)c(C=O)c1. The molecule has 2 nitrogen and oxygen atoms in total. The minimum atomic E-state index is -0.708. The molecule has 3 heteroatoms. The average Bonchev–Trinajstić information content (AvgIpc) is 1.94. The van der Waals surface area contributed by atoms with Gasteiger partial charge < -0.3 is 0 Å². The lowest BCUT2D eigenvalue weighted by Gasteiger charge is -1.93. The molecule has 0 aliphatic rings. The Morgan fingerprint density at radius 3 is 2.90 bits per heavy atom. The number of aryl methyl sites for hydroxylation is 1. The summed E-state index contributed by atoms with van der Waals surface area (Å²) in [7, 11) is 0. The van der Waals surface area contributed by atoms with Crippen molar-refractivity contribution in [2.75, 3.05) is 0 Å². The molecule has 1 aromatic rings. The molecule has 0 aliphatic heterocycles. The molecule has 0 amide bonds. The van der Waals surface area contributed by atoms with Crippen LogP contribution in [0, 0.1) is 12.9 Å². The highest BCUT2D eigenvalue weighted by atomic mass is 19.1. The fourth-order valence-corrected chi connectivity index (χ4v) is 0.658. The van der Waals surface area contributed by atoms with Gasteiger partial charge in [0.15, 0.2) is 6.29 Å². The van der Waals surface area contributed by atoms with Crippen LogP contribution in [0.5, 0.6) is 0 Å². The molecule has 0 spiro atoms. The van der Waals surface area contributed by atoms with Gasteiger partial charge in [0.25, 0.3) is 0 Å².